The first-order valence-corrected chi connectivity index (χ1v) is 8.73. The zero-order chi connectivity index (χ0) is 20.8. The summed E-state index contributed by atoms with van der Waals surface area (Å²) in [5, 5.41) is 2.34. The second-order valence-electron chi connectivity index (χ2n) is 6.29. The number of benzene rings is 1. The number of ether oxygens (including phenoxy) is 2. The van der Waals surface area contributed by atoms with Crippen LogP contribution in [0.2, 0.25) is 0 Å². The average molecular weight is 408 g/mol. The molecule has 0 radical (unpaired) electrons. The number of rotatable bonds is 8. The first-order valence-electron chi connectivity index (χ1n) is 8.73. The molecule has 2 amide bonds. The molecule has 1 saturated heterocycles. The molecular formula is C19H18F2N2O6. The van der Waals surface area contributed by atoms with Crippen molar-refractivity contribution in [3.05, 3.63) is 48.4 Å². The summed E-state index contributed by atoms with van der Waals surface area (Å²) >= 11 is 0. The van der Waals surface area contributed by atoms with E-state index in [1.165, 1.54) is 35.4 Å². The van der Waals surface area contributed by atoms with E-state index in [1.807, 2.05) is 0 Å². The normalized spacial score (nSPS) is 16.2. The van der Waals surface area contributed by atoms with E-state index in [4.69, 9.17) is 9.15 Å². The molecule has 8 nitrogen and oxygen atoms in total. The minimum absolute atomic E-state index is 0.0216. The molecule has 0 spiro atoms. The zero-order valence-corrected chi connectivity index (χ0v) is 15.2. The number of halogens is 2. The molecule has 1 fully saturated rings. The van der Waals surface area contributed by atoms with Gasteiger partial charge >= 0.3 is 12.6 Å². The molecule has 1 atom stereocenters. The fourth-order valence-corrected chi connectivity index (χ4v) is 2.88. The molecular weight excluding hydrogens is 390 g/mol. The lowest BCUT2D eigenvalue weighted by Crippen LogP contribution is -2.28. The molecule has 10 heteroatoms. The fraction of sp³-hybridized carbons (Fsp3) is 0.316. The summed E-state index contributed by atoms with van der Waals surface area (Å²) in [6.45, 7) is -3.26. The predicted molar refractivity (Wildman–Crippen MR) is 94.9 cm³/mol. The van der Waals surface area contributed by atoms with Crippen LogP contribution in [0.3, 0.4) is 0 Å². The third kappa shape index (κ3) is 5.53. The van der Waals surface area contributed by atoms with E-state index in [2.05, 4.69) is 10.1 Å². The number of nitrogens with one attached hydrogen (secondary N) is 1. The van der Waals surface area contributed by atoms with Gasteiger partial charge in [-0.2, -0.15) is 8.78 Å². The van der Waals surface area contributed by atoms with Crippen LogP contribution in [0.1, 0.15) is 12.2 Å². The van der Waals surface area contributed by atoms with Crippen molar-refractivity contribution in [1.82, 2.24) is 4.90 Å². The number of carbonyl (C=O) groups excluding carboxylic acids is 3. The van der Waals surface area contributed by atoms with Crippen molar-refractivity contribution in [3.63, 3.8) is 0 Å². The number of anilines is 1. The number of amides is 2. The lowest BCUT2D eigenvalue weighted by Gasteiger charge is -2.15. The fourth-order valence-electron chi connectivity index (χ4n) is 2.88. The second-order valence-corrected chi connectivity index (χ2v) is 6.29. The van der Waals surface area contributed by atoms with Gasteiger partial charge in [-0.05, 0) is 24.3 Å². The van der Waals surface area contributed by atoms with E-state index in [0.717, 1.165) is 0 Å². The summed E-state index contributed by atoms with van der Waals surface area (Å²) in [7, 11) is 0. The third-order valence-corrected chi connectivity index (χ3v) is 4.20. The monoisotopic (exact) mass is 408 g/mol. The third-order valence-electron chi connectivity index (χ3n) is 4.20. The van der Waals surface area contributed by atoms with Gasteiger partial charge in [0.15, 0.2) is 6.61 Å². The summed E-state index contributed by atoms with van der Waals surface area (Å²) in [6, 6.07) is 9.06. The summed E-state index contributed by atoms with van der Waals surface area (Å²) in [6.07, 6.45) is 1.47. The molecule has 0 bridgehead atoms. The van der Waals surface area contributed by atoms with Gasteiger partial charge in [-0.25, -0.2) is 0 Å². The summed E-state index contributed by atoms with van der Waals surface area (Å²) < 4.78 is 39.3. The molecule has 1 aromatic carbocycles. The molecule has 29 heavy (non-hydrogen) atoms. The van der Waals surface area contributed by atoms with E-state index in [-0.39, 0.29) is 36.9 Å². The van der Waals surface area contributed by atoms with Crippen molar-refractivity contribution in [1.29, 1.82) is 0 Å². The predicted octanol–water partition coefficient (Wildman–Crippen LogP) is 2.41. The number of para-hydroxylation sites is 2. The van der Waals surface area contributed by atoms with Gasteiger partial charge in [0.25, 0.3) is 5.91 Å². The Hall–Kier alpha value is -3.43. The number of alkyl halides is 2. The van der Waals surface area contributed by atoms with Crippen LogP contribution in [0, 0.1) is 5.92 Å². The maximum absolute atomic E-state index is 12.4. The lowest BCUT2D eigenvalue weighted by atomic mass is 10.1. The van der Waals surface area contributed by atoms with Crippen LogP contribution in [0.25, 0.3) is 0 Å². The smallest absolute Gasteiger partial charge is 0.387 e. The van der Waals surface area contributed by atoms with Crippen LogP contribution < -0.4 is 10.1 Å². The molecule has 0 aliphatic carbocycles. The Kier molecular flexibility index (Phi) is 6.43. The highest BCUT2D eigenvalue weighted by atomic mass is 19.3. The van der Waals surface area contributed by atoms with Crippen LogP contribution in [-0.4, -0.2) is 42.4 Å². The van der Waals surface area contributed by atoms with Gasteiger partial charge in [0, 0.05) is 13.0 Å². The molecule has 3 rings (SSSR count). The maximum Gasteiger partial charge on any atom is 0.387 e. The number of likely N-dealkylation sites (tertiary alicyclic amines) is 1. The van der Waals surface area contributed by atoms with Crippen molar-refractivity contribution in [2.24, 2.45) is 5.92 Å². The van der Waals surface area contributed by atoms with E-state index in [1.54, 1.807) is 12.1 Å². The highest BCUT2D eigenvalue weighted by molar-refractivity contribution is 5.94. The molecule has 1 aliphatic heterocycles. The van der Waals surface area contributed by atoms with Gasteiger partial charge in [0.05, 0.1) is 24.4 Å². The number of hydrogen-bond donors (Lipinski definition) is 1. The molecule has 0 saturated carbocycles. The van der Waals surface area contributed by atoms with Crippen molar-refractivity contribution in [2.45, 2.75) is 19.6 Å². The first-order chi connectivity index (χ1) is 13.9. The standard InChI is InChI=1S/C19H18F2N2O6/c20-19(21)29-15-6-2-1-5-14(15)22-16(24)11-28-18(26)12-8-17(25)23(9-12)10-13-4-3-7-27-13/h1-7,12,19H,8-11H2,(H,22,24)/t12-/m0/s1. The number of nitrogens with zero attached hydrogens (tertiary/aromatic N) is 1. The second kappa shape index (κ2) is 9.18. The Morgan fingerprint density at radius 1 is 1.24 bits per heavy atom. The lowest BCUT2D eigenvalue weighted by molar-refractivity contribution is -0.151. The van der Waals surface area contributed by atoms with Crippen LogP contribution in [0.15, 0.2) is 47.1 Å². The van der Waals surface area contributed by atoms with Gasteiger partial charge in [-0.1, -0.05) is 12.1 Å². The van der Waals surface area contributed by atoms with Crippen molar-refractivity contribution in [2.75, 3.05) is 18.5 Å². The molecule has 2 heterocycles. The Balaban J connectivity index is 1.48. The van der Waals surface area contributed by atoms with Crippen LogP contribution in [-0.2, 0) is 25.7 Å². The highest BCUT2D eigenvalue weighted by Crippen LogP contribution is 2.25. The SMILES string of the molecule is O=C(COC(=O)[C@H]1CC(=O)N(Cc2ccco2)C1)Nc1ccccc1OC(F)F. The largest absolute Gasteiger partial charge is 0.467 e. The maximum atomic E-state index is 12.4. The summed E-state index contributed by atoms with van der Waals surface area (Å²) in [5.41, 5.74) is 0.0227. The van der Waals surface area contributed by atoms with Crippen molar-refractivity contribution < 1.29 is 37.1 Å². The number of carbonyl (C=O) groups is 3. The van der Waals surface area contributed by atoms with E-state index < -0.39 is 31.0 Å². The quantitative estimate of drug-likeness (QED) is 0.674. The van der Waals surface area contributed by atoms with Gasteiger partial charge in [0.2, 0.25) is 5.91 Å². The van der Waals surface area contributed by atoms with Crippen LogP contribution in [0.5, 0.6) is 5.75 Å². The van der Waals surface area contributed by atoms with Crippen molar-refractivity contribution >= 4 is 23.5 Å². The van der Waals surface area contributed by atoms with Gasteiger partial charge in [0.1, 0.15) is 11.5 Å². The summed E-state index contributed by atoms with van der Waals surface area (Å²) in [5.74, 6) is -1.94. The molecule has 2 aromatic rings. The molecule has 0 unspecified atom stereocenters. The Labute approximate surface area is 164 Å². The van der Waals surface area contributed by atoms with Crippen LogP contribution >= 0.6 is 0 Å². The van der Waals surface area contributed by atoms with Gasteiger partial charge < -0.3 is 24.1 Å². The van der Waals surface area contributed by atoms with Gasteiger partial charge in [-0.3, -0.25) is 14.4 Å². The van der Waals surface area contributed by atoms with Gasteiger partial charge in [-0.15, -0.1) is 0 Å². The molecule has 154 valence electrons. The first kappa shape index (κ1) is 20.3. The topological polar surface area (TPSA) is 98.1 Å². The summed E-state index contributed by atoms with van der Waals surface area (Å²) in [4.78, 5) is 37.7. The minimum Gasteiger partial charge on any atom is -0.467 e. The zero-order valence-electron chi connectivity index (χ0n) is 15.2. The molecule has 1 N–H and O–H groups in total. The minimum atomic E-state index is -3.05. The Bertz CT molecular complexity index is 871. The Morgan fingerprint density at radius 2 is 2.03 bits per heavy atom. The Morgan fingerprint density at radius 3 is 2.76 bits per heavy atom. The van der Waals surface area contributed by atoms with E-state index >= 15 is 0 Å². The number of furan rings is 1. The average Bonchev–Trinajstić information content (AvgIpc) is 3.31. The molecule has 1 aromatic heterocycles. The molecule has 1 aliphatic rings. The highest BCUT2D eigenvalue weighted by Gasteiger charge is 2.35. The van der Waals surface area contributed by atoms with Crippen molar-refractivity contribution in [3.8, 4) is 5.75 Å². The number of hydrogen-bond acceptors (Lipinski definition) is 6. The van der Waals surface area contributed by atoms with Crippen LogP contribution in [0.4, 0.5) is 14.5 Å². The number of esters is 1. The van der Waals surface area contributed by atoms with E-state index in [0.29, 0.717) is 5.76 Å². The van der Waals surface area contributed by atoms with E-state index in [9.17, 15) is 23.2 Å².